The fraction of sp³-hybridized carbons (Fsp3) is 0.778. The molecule has 0 aliphatic carbocycles. The third kappa shape index (κ3) is 3.90. The normalized spacial score (nSPS) is 29.0. The molecule has 0 N–H and O–H groups in total. The highest BCUT2D eigenvalue weighted by Gasteiger charge is 2.42. The summed E-state index contributed by atoms with van der Waals surface area (Å²) in [4.78, 5) is 26.0. The first-order chi connectivity index (χ1) is 10.5. The molecule has 22 heavy (non-hydrogen) atoms. The van der Waals surface area contributed by atoms with Gasteiger partial charge in [-0.3, -0.25) is 4.79 Å². The van der Waals surface area contributed by atoms with Crippen LogP contribution < -0.4 is 0 Å². The zero-order chi connectivity index (χ0) is 16.1. The van der Waals surface area contributed by atoms with Gasteiger partial charge in [-0.2, -0.15) is 0 Å². The molecule has 2 fully saturated rings. The number of hydrogen-bond donors (Lipinski definition) is 0. The average Bonchev–Trinajstić information content (AvgIpc) is 2.79. The van der Waals surface area contributed by atoms with Crippen LogP contribution in [-0.4, -0.2) is 35.5 Å². The molecular formula is C18H29NO3. The highest BCUT2D eigenvalue weighted by molar-refractivity contribution is 5.82. The second kappa shape index (κ2) is 7.80. The first-order valence-electron chi connectivity index (χ1n) is 8.69. The summed E-state index contributed by atoms with van der Waals surface area (Å²) in [5.74, 6) is 1.25. The number of hydrogen-bond acceptors (Lipinski definition) is 3. The van der Waals surface area contributed by atoms with Crippen LogP contribution in [0.2, 0.25) is 0 Å². The molecule has 2 saturated heterocycles. The minimum Gasteiger partial charge on any atom is -0.463 e. The Bertz CT molecular complexity index is 430. The molecular weight excluding hydrogens is 278 g/mol. The van der Waals surface area contributed by atoms with Gasteiger partial charge in [-0.1, -0.05) is 19.9 Å². The summed E-state index contributed by atoms with van der Waals surface area (Å²) in [7, 11) is 0. The number of carbonyl (C=O) groups excluding carboxylic acids is 2. The Morgan fingerprint density at radius 2 is 2.14 bits per heavy atom. The Hall–Kier alpha value is -1.32. The van der Waals surface area contributed by atoms with Gasteiger partial charge < -0.3 is 9.64 Å². The summed E-state index contributed by atoms with van der Waals surface area (Å²) >= 11 is 0. The summed E-state index contributed by atoms with van der Waals surface area (Å²) < 4.78 is 4.90. The van der Waals surface area contributed by atoms with E-state index in [4.69, 9.17) is 4.74 Å². The molecule has 0 radical (unpaired) electrons. The molecule has 0 saturated carbocycles. The van der Waals surface area contributed by atoms with Gasteiger partial charge in [-0.05, 0) is 50.9 Å². The van der Waals surface area contributed by atoms with E-state index in [9.17, 15) is 9.59 Å². The maximum Gasteiger partial charge on any atom is 0.330 e. The maximum absolute atomic E-state index is 12.5. The molecule has 0 unspecified atom stereocenters. The Labute approximate surface area is 133 Å². The van der Waals surface area contributed by atoms with E-state index in [-0.39, 0.29) is 12.0 Å². The van der Waals surface area contributed by atoms with Gasteiger partial charge in [0.05, 0.1) is 6.61 Å². The fourth-order valence-corrected chi connectivity index (χ4v) is 4.05. The van der Waals surface area contributed by atoms with Crippen molar-refractivity contribution in [2.45, 2.75) is 71.4 Å². The van der Waals surface area contributed by atoms with Crippen LogP contribution in [0, 0.1) is 11.8 Å². The number of carbonyl (C=O) groups is 2. The highest BCUT2D eigenvalue weighted by atomic mass is 16.5. The lowest BCUT2D eigenvalue weighted by molar-refractivity contribution is -0.137. The van der Waals surface area contributed by atoms with Gasteiger partial charge in [-0.15, -0.1) is 0 Å². The second-order valence-electron chi connectivity index (χ2n) is 6.79. The van der Waals surface area contributed by atoms with Crippen LogP contribution in [0.5, 0.6) is 0 Å². The predicted octanol–water partition coefficient (Wildman–Crippen LogP) is 3.31. The van der Waals surface area contributed by atoms with Crippen LogP contribution in [0.1, 0.15) is 59.3 Å². The van der Waals surface area contributed by atoms with Crippen molar-refractivity contribution in [2.75, 3.05) is 6.61 Å². The topological polar surface area (TPSA) is 46.6 Å². The van der Waals surface area contributed by atoms with Crippen molar-refractivity contribution in [2.24, 2.45) is 11.8 Å². The third-order valence-electron chi connectivity index (χ3n) is 5.06. The standard InChI is InChI=1S/C18H29NO3/c1-4-22-18(21)10-5-7-14-11-12-16-15(13(2)3)8-6-9-17(20)19(14)16/h5,10,13-16H,4,6-9,11-12H2,1-3H3/b10-5+/t14-,15-,16+/m1/s1. The smallest absolute Gasteiger partial charge is 0.330 e. The molecule has 2 aliphatic rings. The second-order valence-corrected chi connectivity index (χ2v) is 6.79. The molecule has 124 valence electrons. The third-order valence-corrected chi connectivity index (χ3v) is 5.06. The van der Waals surface area contributed by atoms with Crippen molar-refractivity contribution < 1.29 is 14.3 Å². The van der Waals surface area contributed by atoms with Crippen molar-refractivity contribution >= 4 is 11.9 Å². The van der Waals surface area contributed by atoms with Crippen LogP contribution in [0.15, 0.2) is 12.2 Å². The lowest BCUT2D eigenvalue weighted by Gasteiger charge is -2.34. The van der Waals surface area contributed by atoms with Crippen LogP contribution >= 0.6 is 0 Å². The van der Waals surface area contributed by atoms with Gasteiger partial charge in [0.1, 0.15) is 0 Å². The number of rotatable bonds is 5. The van der Waals surface area contributed by atoms with Crippen molar-refractivity contribution in [3.63, 3.8) is 0 Å². The Morgan fingerprint density at radius 1 is 1.36 bits per heavy atom. The molecule has 0 aromatic heterocycles. The van der Waals surface area contributed by atoms with E-state index in [0.29, 0.717) is 36.8 Å². The molecule has 0 spiro atoms. The van der Waals surface area contributed by atoms with Gasteiger partial charge in [0.25, 0.3) is 0 Å². The van der Waals surface area contributed by atoms with E-state index in [0.717, 1.165) is 32.1 Å². The number of nitrogens with zero attached hydrogens (tertiary/aromatic N) is 1. The summed E-state index contributed by atoms with van der Waals surface area (Å²) in [5.41, 5.74) is 0. The van der Waals surface area contributed by atoms with Crippen molar-refractivity contribution in [3.8, 4) is 0 Å². The van der Waals surface area contributed by atoms with E-state index >= 15 is 0 Å². The zero-order valence-electron chi connectivity index (χ0n) is 14.1. The van der Waals surface area contributed by atoms with E-state index in [1.54, 1.807) is 6.92 Å². The Balaban J connectivity index is 2.02. The summed E-state index contributed by atoms with van der Waals surface area (Å²) in [6.07, 6.45) is 9.13. The van der Waals surface area contributed by atoms with Crippen LogP contribution in [0.4, 0.5) is 0 Å². The van der Waals surface area contributed by atoms with E-state index < -0.39 is 0 Å². The quantitative estimate of drug-likeness (QED) is 0.578. The lowest BCUT2D eigenvalue weighted by atomic mass is 9.84. The summed E-state index contributed by atoms with van der Waals surface area (Å²) in [6, 6.07) is 0.651. The Kier molecular flexibility index (Phi) is 6.04. The molecule has 1 amide bonds. The molecule has 0 bridgehead atoms. The van der Waals surface area contributed by atoms with E-state index in [2.05, 4.69) is 18.7 Å². The molecule has 0 aromatic carbocycles. The SMILES string of the molecule is CCOC(=O)/C=C/C[C@@H]1CC[C@H]2[C@@H](C(C)C)CCCC(=O)N12. The molecule has 4 heteroatoms. The largest absolute Gasteiger partial charge is 0.463 e. The number of fused-ring (bicyclic) bond motifs is 1. The Morgan fingerprint density at radius 3 is 2.82 bits per heavy atom. The molecule has 2 heterocycles. The van der Waals surface area contributed by atoms with Crippen LogP contribution in [0.25, 0.3) is 0 Å². The molecule has 2 rings (SSSR count). The zero-order valence-corrected chi connectivity index (χ0v) is 14.1. The average molecular weight is 307 g/mol. The number of amides is 1. The van der Waals surface area contributed by atoms with Crippen molar-refractivity contribution in [1.29, 1.82) is 0 Å². The van der Waals surface area contributed by atoms with Gasteiger partial charge in [0.2, 0.25) is 5.91 Å². The maximum atomic E-state index is 12.5. The first kappa shape index (κ1) is 17.0. The van der Waals surface area contributed by atoms with Gasteiger partial charge >= 0.3 is 5.97 Å². The lowest BCUT2D eigenvalue weighted by Crippen LogP contribution is -2.43. The van der Waals surface area contributed by atoms with Gasteiger partial charge in [0.15, 0.2) is 0 Å². The molecule has 2 aliphatic heterocycles. The van der Waals surface area contributed by atoms with Crippen LogP contribution in [-0.2, 0) is 14.3 Å². The molecule has 4 nitrogen and oxygen atoms in total. The highest BCUT2D eigenvalue weighted by Crippen LogP contribution is 2.39. The summed E-state index contributed by atoms with van der Waals surface area (Å²) in [6.45, 7) is 6.74. The fourth-order valence-electron chi connectivity index (χ4n) is 4.05. The van der Waals surface area contributed by atoms with E-state index in [1.807, 2.05) is 6.08 Å². The van der Waals surface area contributed by atoms with Crippen molar-refractivity contribution in [1.82, 2.24) is 4.90 Å². The minimum atomic E-state index is -0.292. The van der Waals surface area contributed by atoms with Crippen LogP contribution in [0.3, 0.4) is 0 Å². The monoisotopic (exact) mass is 307 g/mol. The predicted molar refractivity (Wildman–Crippen MR) is 86.2 cm³/mol. The van der Waals surface area contributed by atoms with Gasteiger partial charge in [0, 0.05) is 24.6 Å². The van der Waals surface area contributed by atoms with E-state index in [1.165, 1.54) is 6.08 Å². The minimum absolute atomic E-state index is 0.252. The summed E-state index contributed by atoms with van der Waals surface area (Å²) in [5, 5.41) is 0. The van der Waals surface area contributed by atoms with Crippen molar-refractivity contribution in [3.05, 3.63) is 12.2 Å². The molecule has 0 aromatic rings. The first-order valence-corrected chi connectivity index (χ1v) is 8.69. The number of ether oxygens (including phenoxy) is 1. The number of esters is 1. The van der Waals surface area contributed by atoms with Gasteiger partial charge in [-0.25, -0.2) is 4.79 Å². The molecule has 3 atom stereocenters.